The van der Waals surface area contributed by atoms with Crippen LogP contribution in [0.25, 0.3) is 5.65 Å². The van der Waals surface area contributed by atoms with Gasteiger partial charge in [-0.3, -0.25) is 4.40 Å². The zero-order valence-corrected chi connectivity index (χ0v) is 9.20. The van der Waals surface area contributed by atoms with E-state index < -0.39 is 0 Å². The van der Waals surface area contributed by atoms with Crippen molar-refractivity contribution in [2.45, 2.75) is 19.9 Å². The molecule has 0 fully saturated rings. The lowest BCUT2D eigenvalue weighted by Gasteiger charge is -2.22. The Morgan fingerprint density at radius 3 is 3.07 bits per heavy atom. The highest BCUT2D eigenvalue weighted by molar-refractivity contribution is 5.45. The van der Waals surface area contributed by atoms with Gasteiger partial charge in [-0.1, -0.05) is 6.07 Å². The van der Waals surface area contributed by atoms with E-state index in [1.165, 1.54) is 17.1 Å². The quantitative estimate of drug-likeness (QED) is 0.645. The molecule has 1 aliphatic rings. The average molecular weight is 201 g/mol. The Labute approximate surface area is 89.3 Å². The highest BCUT2D eigenvalue weighted by atomic mass is 15.2. The fraction of sp³-hybridized carbons (Fsp3) is 0.417. The van der Waals surface area contributed by atoms with Crippen LogP contribution in [-0.2, 0) is 13.0 Å². The van der Waals surface area contributed by atoms with Crippen LogP contribution in [0.1, 0.15) is 17.1 Å². The monoisotopic (exact) mass is 201 g/mol. The van der Waals surface area contributed by atoms with E-state index in [0.717, 1.165) is 25.2 Å². The Bertz CT molecular complexity index is 513. The number of aromatic nitrogens is 2. The number of rotatable bonds is 0. The Kier molecular flexibility index (Phi) is 1.83. The van der Waals surface area contributed by atoms with E-state index >= 15 is 0 Å². The molecule has 0 saturated heterocycles. The van der Waals surface area contributed by atoms with Gasteiger partial charge in [0, 0.05) is 25.2 Å². The number of fused-ring (bicyclic) bond motifs is 3. The number of hydrogen-bond donors (Lipinski definition) is 0. The van der Waals surface area contributed by atoms with Gasteiger partial charge in [0.2, 0.25) is 0 Å². The number of imidazole rings is 1. The van der Waals surface area contributed by atoms with Gasteiger partial charge in [0.1, 0.15) is 5.65 Å². The maximum atomic E-state index is 4.68. The van der Waals surface area contributed by atoms with E-state index in [2.05, 4.69) is 46.5 Å². The molecule has 0 spiro atoms. The lowest BCUT2D eigenvalue weighted by molar-refractivity contribution is 0.305. The predicted molar refractivity (Wildman–Crippen MR) is 60.0 cm³/mol. The first-order valence-electron chi connectivity index (χ1n) is 5.40. The SMILES string of the molecule is Cc1cccc2nc3c(n12)CN(C)CC3. The van der Waals surface area contributed by atoms with E-state index in [1.807, 2.05) is 0 Å². The van der Waals surface area contributed by atoms with Crippen molar-refractivity contribution >= 4 is 5.65 Å². The van der Waals surface area contributed by atoms with Crippen LogP contribution in [0.5, 0.6) is 0 Å². The molecule has 3 heterocycles. The third-order valence-electron chi connectivity index (χ3n) is 3.17. The molecule has 0 bridgehead atoms. The minimum atomic E-state index is 1.02. The van der Waals surface area contributed by atoms with E-state index in [-0.39, 0.29) is 0 Å². The molecule has 3 nitrogen and oxygen atoms in total. The molecule has 0 N–H and O–H groups in total. The second-order valence-electron chi connectivity index (χ2n) is 4.35. The van der Waals surface area contributed by atoms with Crippen LogP contribution >= 0.6 is 0 Å². The first-order chi connectivity index (χ1) is 7.25. The third-order valence-corrected chi connectivity index (χ3v) is 3.17. The van der Waals surface area contributed by atoms with Crippen LogP contribution in [-0.4, -0.2) is 27.9 Å². The van der Waals surface area contributed by atoms with Crippen LogP contribution in [0.15, 0.2) is 18.2 Å². The van der Waals surface area contributed by atoms with E-state index in [4.69, 9.17) is 0 Å². The first-order valence-corrected chi connectivity index (χ1v) is 5.40. The Morgan fingerprint density at radius 1 is 1.33 bits per heavy atom. The molecule has 0 aliphatic carbocycles. The lowest BCUT2D eigenvalue weighted by atomic mass is 10.1. The number of nitrogens with zero attached hydrogens (tertiary/aromatic N) is 3. The summed E-state index contributed by atoms with van der Waals surface area (Å²) in [7, 11) is 2.17. The zero-order chi connectivity index (χ0) is 10.4. The van der Waals surface area contributed by atoms with Crippen LogP contribution in [0.2, 0.25) is 0 Å². The Balaban J connectivity index is 2.30. The molecule has 78 valence electrons. The first kappa shape index (κ1) is 8.92. The normalized spacial score (nSPS) is 16.9. The summed E-state index contributed by atoms with van der Waals surface area (Å²) in [5.41, 5.74) is 5.02. The average Bonchev–Trinajstić information content (AvgIpc) is 2.57. The summed E-state index contributed by atoms with van der Waals surface area (Å²) in [5.74, 6) is 0. The molecule has 0 saturated carbocycles. The molecule has 2 aromatic heterocycles. The van der Waals surface area contributed by atoms with Crippen molar-refractivity contribution < 1.29 is 0 Å². The lowest BCUT2D eigenvalue weighted by Crippen LogP contribution is -2.27. The molecular weight excluding hydrogens is 186 g/mol. The fourth-order valence-electron chi connectivity index (χ4n) is 2.37. The minimum absolute atomic E-state index is 1.02. The molecule has 15 heavy (non-hydrogen) atoms. The molecule has 3 rings (SSSR count). The number of hydrogen-bond acceptors (Lipinski definition) is 2. The second-order valence-corrected chi connectivity index (χ2v) is 4.35. The summed E-state index contributed by atoms with van der Waals surface area (Å²) in [6.07, 6.45) is 1.08. The van der Waals surface area contributed by atoms with Gasteiger partial charge in [-0.25, -0.2) is 4.98 Å². The van der Waals surface area contributed by atoms with Crippen molar-refractivity contribution in [2.24, 2.45) is 0 Å². The van der Waals surface area contributed by atoms with Gasteiger partial charge in [0.25, 0.3) is 0 Å². The fourth-order valence-corrected chi connectivity index (χ4v) is 2.37. The predicted octanol–water partition coefficient (Wildman–Crippen LogP) is 1.63. The van der Waals surface area contributed by atoms with Crippen LogP contribution in [0, 0.1) is 6.92 Å². The molecule has 0 radical (unpaired) electrons. The summed E-state index contributed by atoms with van der Waals surface area (Å²) >= 11 is 0. The van der Waals surface area contributed by atoms with Crippen molar-refractivity contribution in [3.63, 3.8) is 0 Å². The molecule has 0 amide bonds. The maximum Gasteiger partial charge on any atom is 0.137 e. The maximum absolute atomic E-state index is 4.68. The van der Waals surface area contributed by atoms with Gasteiger partial charge in [-0.05, 0) is 26.1 Å². The topological polar surface area (TPSA) is 20.5 Å². The number of likely N-dealkylation sites (N-methyl/N-ethyl adjacent to an activating group) is 1. The summed E-state index contributed by atoms with van der Waals surface area (Å²) in [4.78, 5) is 7.03. The summed E-state index contributed by atoms with van der Waals surface area (Å²) in [6, 6.07) is 6.31. The van der Waals surface area contributed by atoms with Gasteiger partial charge in [-0.2, -0.15) is 0 Å². The number of aryl methyl sites for hydroxylation is 1. The summed E-state index contributed by atoms with van der Waals surface area (Å²) < 4.78 is 2.28. The van der Waals surface area contributed by atoms with Crippen LogP contribution < -0.4 is 0 Å². The second kappa shape index (κ2) is 3.07. The van der Waals surface area contributed by atoms with Gasteiger partial charge < -0.3 is 4.90 Å². The van der Waals surface area contributed by atoms with Crippen molar-refractivity contribution in [3.8, 4) is 0 Å². The number of pyridine rings is 1. The standard InChI is InChI=1S/C12H15N3/c1-9-4-3-5-12-13-10-6-7-14(2)8-11(10)15(9)12/h3-5H,6-8H2,1-2H3. The highest BCUT2D eigenvalue weighted by Crippen LogP contribution is 2.20. The zero-order valence-electron chi connectivity index (χ0n) is 9.20. The van der Waals surface area contributed by atoms with Crippen LogP contribution in [0.3, 0.4) is 0 Å². The third kappa shape index (κ3) is 1.27. The smallest absolute Gasteiger partial charge is 0.137 e. The molecule has 2 aromatic rings. The van der Waals surface area contributed by atoms with E-state index in [9.17, 15) is 0 Å². The van der Waals surface area contributed by atoms with Gasteiger partial charge in [-0.15, -0.1) is 0 Å². The molecular formula is C12H15N3. The van der Waals surface area contributed by atoms with Gasteiger partial charge in [0.15, 0.2) is 0 Å². The largest absolute Gasteiger partial charge is 0.300 e. The summed E-state index contributed by atoms with van der Waals surface area (Å²) in [5, 5.41) is 0. The van der Waals surface area contributed by atoms with Crippen molar-refractivity contribution in [1.82, 2.24) is 14.3 Å². The molecule has 1 aliphatic heterocycles. The van der Waals surface area contributed by atoms with Crippen molar-refractivity contribution in [2.75, 3.05) is 13.6 Å². The van der Waals surface area contributed by atoms with E-state index in [1.54, 1.807) is 0 Å². The van der Waals surface area contributed by atoms with Crippen LogP contribution in [0.4, 0.5) is 0 Å². The minimum Gasteiger partial charge on any atom is -0.300 e. The molecule has 0 aromatic carbocycles. The van der Waals surface area contributed by atoms with Gasteiger partial charge in [0.05, 0.1) is 11.4 Å². The Morgan fingerprint density at radius 2 is 2.20 bits per heavy atom. The highest BCUT2D eigenvalue weighted by Gasteiger charge is 2.19. The Hall–Kier alpha value is -1.35. The molecule has 0 unspecified atom stereocenters. The van der Waals surface area contributed by atoms with Crippen molar-refractivity contribution in [3.05, 3.63) is 35.3 Å². The van der Waals surface area contributed by atoms with Gasteiger partial charge >= 0.3 is 0 Å². The van der Waals surface area contributed by atoms with Crippen molar-refractivity contribution in [1.29, 1.82) is 0 Å². The molecule has 0 atom stereocenters. The summed E-state index contributed by atoms with van der Waals surface area (Å²) in [6.45, 7) is 4.28. The molecule has 3 heteroatoms. The van der Waals surface area contributed by atoms with E-state index in [0.29, 0.717) is 0 Å².